The van der Waals surface area contributed by atoms with Crippen LogP contribution in [0.25, 0.3) is 33.0 Å². The predicted octanol–water partition coefficient (Wildman–Crippen LogP) is 12.8. The molecule has 10 rings (SSSR count). The van der Waals surface area contributed by atoms with Crippen molar-refractivity contribution in [3.8, 4) is 33.8 Å². The number of benzene rings is 6. The van der Waals surface area contributed by atoms with Crippen LogP contribution in [0, 0.1) is 18.8 Å². The first-order valence-corrected chi connectivity index (χ1v) is 18.5. The summed E-state index contributed by atoms with van der Waals surface area (Å²) in [6, 6.07) is 57.5. The first-order valence-electron chi connectivity index (χ1n) is 18.5. The minimum Gasteiger partial charge on any atom is -0.509 e. The van der Waals surface area contributed by atoms with Crippen molar-refractivity contribution in [1.82, 2.24) is 9.97 Å². The fraction of sp³-hybridized carbons (Fsp3) is 0.0816. The van der Waals surface area contributed by atoms with Gasteiger partial charge in [0.25, 0.3) is 0 Å². The Morgan fingerprint density at radius 2 is 1.21 bits per heavy atom. The van der Waals surface area contributed by atoms with Crippen LogP contribution in [0.3, 0.4) is 0 Å². The van der Waals surface area contributed by atoms with Crippen LogP contribution in [0.4, 0.5) is 40.1 Å². The Bertz CT molecular complexity index is 2760. The number of aromatic nitrogens is 2. The van der Waals surface area contributed by atoms with Gasteiger partial charge in [-0.05, 0) is 58.3 Å². The fourth-order valence-electron chi connectivity index (χ4n) is 7.58. The van der Waals surface area contributed by atoms with Gasteiger partial charge in [0, 0.05) is 67.3 Å². The topological polar surface area (TPSA) is 44.7 Å². The Morgan fingerprint density at radius 3 is 2.00 bits per heavy atom. The van der Waals surface area contributed by atoms with Crippen LogP contribution in [-0.2, 0) is 26.5 Å². The predicted molar refractivity (Wildman–Crippen MR) is 223 cm³/mol. The standard InChI is InChI=1S/C49H36N5O.Pt/c1-49(2,3)35-25-26-50-48(28-35)54-43-20-9-8-19-41(43)39-17-6-7-18-40(39)42-24-23-38(30-46(42)54)55-37-16-12-15-36(29-37)52-32-53(45-22-11-10-21-44(45)52)47-27-33-13-4-5-14-34(33)31-51-47;/h4-28,31-32H,1-3H3;/q-3;. The van der Waals surface area contributed by atoms with Gasteiger partial charge >= 0.3 is 0 Å². The van der Waals surface area contributed by atoms with Gasteiger partial charge in [-0.25, -0.2) is 9.97 Å². The van der Waals surface area contributed by atoms with Crippen molar-refractivity contribution >= 4 is 50.8 Å². The smallest absolute Gasteiger partial charge is 0.135 e. The van der Waals surface area contributed by atoms with Crippen molar-refractivity contribution in [2.45, 2.75) is 26.2 Å². The van der Waals surface area contributed by atoms with E-state index in [0.717, 1.165) is 73.1 Å². The van der Waals surface area contributed by atoms with E-state index in [-0.39, 0.29) is 26.5 Å². The van der Waals surface area contributed by atoms with Crippen molar-refractivity contribution in [1.29, 1.82) is 0 Å². The number of ether oxygens (including phenoxy) is 1. The van der Waals surface area contributed by atoms with Crippen LogP contribution < -0.4 is 19.4 Å². The van der Waals surface area contributed by atoms with Crippen molar-refractivity contribution in [2.75, 3.05) is 14.7 Å². The maximum Gasteiger partial charge on any atom is 0.135 e. The molecule has 0 spiro atoms. The Balaban J connectivity index is 0.00000410. The van der Waals surface area contributed by atoms with Crippen LogP contribution in [0.5, 0.6) is 11.5 Å². The number of nitrogens with zero attached hydrogens (tertiary/aromatic N) is 5. The van der Waals surface area contributed by atoms with Gasteiger partial charge < -0.3 is 19.4 Å². The van der Waals surface area contributed by atoms with Gasteiger partial charge in [0.05, 0.1) is 5.69 Å². The molecule has 4 heterocycles. The summed E-state index contributed by atoms with van der Waals surface area (Å²) in [5, 5.41) is 2.24. The Hall–Kier alpha value is -6.23. The van der Waals surface area contributed by atoms with Gasteiger partial charge in [0.15, 0.2) is 0 Å². The van der Waals surface area contributed by atoms with Gasteiger partial charge in [0.1, 0.15) is 11.6 Å². The number of hydrogen-bond donors (Lipinski definition) is 0. The first kappa shape index (κ1) is 35.5. The summed E-state index contributed by atoms with van der Waals surface area (Å²) >= 11 is 0. The van der Waals surface area contributed by atoms with Gasteiger partial charge in [-0.1, -0.05) is 111 Å². The molecule has 0 fully saturated rings. The van der Waals surface area contributed by atoms with Crippen LogP contribution in [0.1, 0.15) is 26.3 Å². The van der Waals surface area contributed by atoms with Crippen molar-refractivity contribution in [2.24, 2.45) is 0 Å². The summed E-state index contributed by atoms with van der Waals surface area (Å²) in [4.78, 5) is 16.2. The SMILES string of the molecule is CC(C)(C)c1ccnc(N2c3[c-]c(Oc4[c-]c(N5[CH-]N(c6cc7ccccc7cn6)c6ccccc65)ccc4)ccc3-c3ccccc3-c3ccccc32)c1.[Pt]. The molecule has 0 radical (unpaired) electrons. The molecule has 276 valence electrons. The first-order chi connectivity index (χ1) is 26.9. The van der Waals surface area contributed by atoms with E-state index < -0.39 is 0 Å². The molecule has 6 nitrogen and oxygen atoms in total. The molecule has 8 aromatic rings. The van der Waals surface area contributed by atoms with Crippen LogP contribution in [0.2, 0.25) is 0 Å². The third kappa shape index (κ3) is 6.20. The zero-order valence-electron chi connectivity index (χ0n) is 31.0. The number of fused-ring (bicyclic) bond motifs is 7. The summed E-state index contributed by atoms with van der Waals surface area (Å²) in [5.74, 6) is 2.82. The summed E-state index contributed by atoms with van der Waals surface area (Å²) in [6.45, 7) is 8.75. The largest absolute Gasteiger partial charge is 0.509 e. The third-order valence-electron chi connectivity index (χ3n) is 10.3. The Labute approximate surface area is 341 Å². The van der Waals surface area contributed by atoms with Gasteiger partial charge in [-0.2, -0.15) is 12.1 Å². The molecule has 6 aromatic carbocycles. The maximum absolute atomic E-state index is 6.65. The summed E-state index contributed by atoms with van der Waals surface area (Å²) < 4.78 is 6.65. The molecule has 0 N–H and O–H groups in total. The molecular formula is C49H36N5OPt-3. The zero-order chi connectivity index (χ0) is 37.1. The van der Waals surface area contributed by atoms with Crippen LogP contribution in [-0.4, -0.2) is 9.97 Å². The summed E-state index contributed by atoms with van der Waals surface area (Å²) in [6.07, 6.45) is 3.83. The third-order valence-corrected chi connectivity index (χ3v) is 10.3. The maximum atomic E-state index is 6.65. The average molecular weight is 906 g/mol. The average Bonchev–Trinajstić information content (AvgIpc) is 3.56. The molecule has 2 aromatic heterocycles. The summed E-state index contributed by atoms with van der Waals surface area (Å²) in [7, 11) is 0. The number of anilines is 7. The Kier molecular flexibility index (Phi) is 8.94. The molecule has 0 unspecified atom stereocenters. The molecule has 0 bridgehead atoms. The quantitative estimate of drug-likeness (QED) is 0.160. The zero-order valence-corrected chi connectivity index (χ0v) is 33.3. The van der Waals surface area contributed by atoms with E-state index in [0.29, 0.717) is 11.5 Å². The van der Waals surface area contributed by atoms with E-state index in [1.165, 1.54) is 5.56 Å². The van der Waals surface area contributed by atoms with E-state index in [9.17, 15) is 0 Å². The molecule has 2 aliphatic rings. The van der Waals surface area contributed by atoms with E-state index in [1.807, 2.05) is 42.7 Å². The molecule has 0 atom stereocenters. The minimum absolute atomic E-state index is 0. The molecule has 2 aliphatic heterocycles. The Morgan fingerprint density at radius 1 is 0.554 bits per heavy atom. The molecule has 0 amide bonds. The molecule has 0 saturated heterocycles. The normalized spacial score (nSPS) is 12.9. The van der Waals surface area contributed by atoms with Crippen molar-refractivity contribution < 1.29 is 25.8 Å². The number of para-hydroxylation sites is 3. The number of hydrogen-bond acceptors (Lipinski definition) is 6. The molecule has 56 heavy (non-hydrogen) atoms. The van der Waals surface area contributed by atoms with Gasteiger partial charge in [-0.15, -0.1) is 48.3 Å². The van der Waals surface area contributed by atoms with Crippen LogP contribution >= 0.6 is 0 Å². The number of pyridine rings is 2. The molecule has 7 heteroatoms. The second kappa shape index (κ2) is 14.1. The van der Waals surface area contributed by atoms with Gasteiger partial charge in [-0.3, -0.25) is 0 Å². The van der Waals surface area contributed by atoms with Crippen LogP contribution in [0.15, 0.2) is 158 Å². The second-order valence-corrected chi connectivity index (χ2v) is 14.9. The van der Waals surface area contributed by atoms with E-state index in [2.05, 4.69) is 170 Å². The van der Waals surface area contributed by atoms with E-state index in [4.69, 9.17) is 14.7 Å². The van der Waals surface area contributed by atoms with Gasteiger partial charge in [0.2, 0.25) is 0 Å². The van der Waals surface area contributed by atoms with Crippen molar-refractivity contribution in [3.05, 3.63) is 182 Å². The molecular weight excluding hydrogens is 870 g/mol. The van der Waals surface area contributed by atoms with E-state index >= 15 is 0 Å². The van der Waals surface area contributed by atoms with E-state index in [1.54, 1.807) is 0 Å². The monoisotopic (exact) mass is 905 g/mol. The minimum atomic E-state index is -0.0549. The fourth-order valence-corrected chi connectivity index (χ4v) is 7.58. The number of rotatable bonds is 5. The molecule has 0 saturated carbocycles. The summed E-state index contributed by atoms with van der Waals surface area (Å²) in [5.41, 5.74) is 10.4. The van der Waals surface area contributed by atoms with Crippen molar-refractivity contribution in [3.63, 3.8) is 0 Å². The molecule has 0 aliphatic carbocycles. The second-order valence-electron chi connectivity index (χ2n) is 14.9.